The normalized spacial score (nSPS) is 37.2. The second-order valence-corrected chi connectivity index (χ2v) is 4.29. The van der Waals surface area contributed by atoms with E-state index in [-0.39, 0.29) is 0 Å². The standard InChI is InChI=1S/C10H21NO/c1-8-5-9(11(2)3)7-10(6-8)12-4/h8-10H,5-7H2,1-4H3. The molecule has 0 aromatic heterocycles. The van der Waals surface area contributed by atoms with Crippen molar-refractivity contribution in [2.45, 2.75) is 38.3 Å². The fourth-order valence-electron chi connectivity index (χ4n) is 2.12. The van der Waals surface area contributed by atoms with Crippen molar-refractivity contribution in [1.29, 1.82) is 0 Å². The van der Waals surface area contributed by atoms with Gasteiger partial charge >= 0.3 is 0 Å². The molecule has 2 nitrogen and oxygen atoms in total. The molecule has 0 aromatic rings. The Morgan fingerprint density at radius 2 is 1.83 bits per heavy atom. The Bertz CT molecular complexity index is 136. The first-order chi connectivity index (χ1) is 5.63. The summed E-state index contributed by atoms with van der Waals surface area (Å²) in [5.41, 5.74) is 0. The van der Waals surface area contributed by atoms with E-state index in [2.05, 4.69) is 25.9 Å². The molecule has 1 aliphatic rings. The third-order valence-electron chi connectivity index (χ3n) is 2.94. The van der Waals surface area contributed by atoms with Crippen LogP contribution in [-0.4, -0.2) is 38.3 Å². The van der Waals surface area contributed by atoms with Crippen LogP contribution in [0.1, 0.15) is 26.2 Å². The second-order valence-electron chi connectivity index (χ2n) is 4.29. The fraction of sp³-hybridized carbons (Fsp3) is 1.00. The summed E-state index contributed by atoms with van der Waals surface area (Å²) < 4.78 is 5.42. The Labute approximate surface area is 75.9 Å². The van der Waals surface area contributed by atoms with Gasteiger partial charge in [0.15, 0.2) is 0 Å². The van der Waals surface area contributed by atoms with Crippen LogP contribution in [0.15, 0.2) is 0 Å². The minimum Gasteiger partial charge on any atom is -0.381 e. The van der Waals surface area contributed by atoms with E-state index in [0.29, 0.717) is 6.10 Å². The van der Waals surface area contributed by atoms with Gasteiger partial charge < -0.3 is 9.64 Å². The molecule has 0 aromatic carbocycles. The minimum atomic E-state index is 0.487. The van der Waals surface area contributed by atoms with E-state index in [9.17, 15) is 0 Å². The lowest BCUT2D eigenvalue weighted by Crippen LogP contribution is -2.38. The highest BCUT2D eigenvalue weighted by atomic mass is 16.5. The van der Waals surface area contributed by atoms with Crippen molar-refractivity contribution in [2.24, 2.45) is 5.92 Å². The molecule has 12 heavy (non-hydrogen) atoms. The van der Waals surface area contributed by atoms with Gasteiger partial charge in [0.25, 0.3) is 0 Å². The van der Waals surface area contributed by atoms with E-state index in [4.69, 9.17) is 4.74 Å². The molecule has 0 saturated heterocycles. The van der Waals surface area contributed by atoms with Gasteiger partial charge in [0.2, 0.25) is 0 Å². The summed E-state index contributed by atoms with van der Waals surface area (Å²) in [7, 11) is 6.15. The molecule has 1 rings (SSSR count). The van der Waals surface area contributed by atoms with Gasteiger partial charge in [-0.1, -0.05) is 6.92 Å². The maximum Gasteiger partial charge on any atom is 0.0588 e. The molecule has 1 fully saturated rings. The van der Waals surface area contributed by atoms with Crippen molar-refractivity contribution < 1.29 is 4.74 Å². The fourth-order valence-corrected chi connectivity index (χ4v) is 2.12. The predicted molar refractivity (Wildman–Crippen MR) is 51.3 cm³/mol. The van der Waals surface area contributed by atoms with E-state index in [1.54, 1.807) is 0 Å². The number of ether oxygens (including phenoxy) is 1. The largest absolute Gasteiger partial charge is 0.381 e. The van der Waals surface area contributed by atoms with Crippen LogP contribution in [0, 0.1) is 5.92 Å². The van der Waals surface area contributed by atoms with E-state index in [1.165, 1.54) is 19.3 Å². The number of hydrogen-bond acceptors (Lipinski definition) is 2. The van der Waals surface area contributed by atoms with Crippen molar-refractivity contribution >= 4 is 0 Å². The molecule has 1 aliphatic carbocycles. The SMILES string of the molecule is COC1CC(C)CC(N(C)C)C1. The summed E-state index contributed by atoms with van der Waals surface area (Å²) in [6, 6.07) is 0.721. The molecular weight excluding hydrogens is 150 g/mol. The predicted octanol–water partition coefficient (Wildman–Crippen LogP) is 1.75. The lowest BCUT2D eigenvalue weighted by molar-refractivity contribution is 0.0213. The molecule has 0 N–H and O–H groups in total. The van der Waals surface area contributed by atoms with Crippen LogP contribution in [-0.2, 0) is 4.74 Å². The molecule has 3 unspecified atom stereocenters. The van der Waals surface area contributed by atoms with Crippen LogP contribution in [0.4, 0.5) is 0 Å². The molecule has 0 bridgehead atoms. The number of methoxy groups -OCH3 is 1. The molecule has 3 atom stereocenters. The zero-order valence-electron chi connectivity index (χ0n) is 8.71. The van der Waals surface area contributed by atoms with Crippen LogP contribution >= 0.6 is 0 Å². The number of nitrogens with zero attached hydrogens (tertiary/aromatic N) is 1. The molecule has 0 spiro atoms. The van der Waals surface area contributed by atoms with Gasteiger partial charge in [-0.3, -0.25) is 0 Å². The van der Waals surface area contributed by atoms with Crippen LogP contribution in [0.5, 0.6) is 0 Å². The molecule has 0 radical (unpaired) electrons. The minimum absolute atomic E-state index is 0.487. The first-order valence-electron chi connectivity index (χ1n) is 4.82. The Morgan fingerprint density at radius 3 is 2.33 bits per heavy atom. The van der Waals surface area contributed by atoms with Gasteiger partial charge in [-0.2, -0.15) is 0 Å². The van der Waals surface area contributed by atoms with Crippen molar-refractivity contribution in [2.75, 3.05) is 21.2 Å². The smallest absolute Gasteiger partial charge is 0.0588 e. The van der Waals surface area contributed by atoms with Crippen molar-refractivity contribution in [3.8, 4) is 0 Å². The third-order valence-corrected chi connectivity index (χ3v) is 2.94. The second kappa shape index (κ2) is 4.24. The first kappa shape index (κ1) is 10.0. The molecule has 0 amide bonds. The van der Waals surface area contributed by atoms with Crippen molar-refractivity contribution in [3.05, 3.63) is 0 Å². The number of hydrogen-bond donors (Lipinski definition) is 0. The average molecular weight is 171 g/mol. The van der Waals surface area contributed by atoms with Gasteiger partial charge in [-0.05, 0) is 39.3 Å². The topological polar surface area (TPSA) is 12.5 Å². The Balaban J connectivity index is 2.45. The highest BCUT2D eigenvalue weighted by molar-refractivity contribution is 4.81. The quantitative estimate of drug-likeness (QED) is 0.627. The zero-order chi connectivity index (χ0) is 9.14. The van der Waals surface area contributed by atoms with E-state index in [1.807, 2.05) is 7.11 Å². The Kier molecular flexibility index (Phi) is 3.53. The van der Waals surface area contributed by atoms with Crippen molar-refractivity contribution in [3.63, 3.8) is 0 Å². The summed E-state index contributed by atoms with van der Waals surface area (Å²) >= 11 is 0. The molecule has 2 heteroatoms. The van der Waals surface area contributed by atoms with Gasteiger partial charge in [0.1, 0.15) is 0 Å². The maximum absolute atomic E-state index is 5.42. The van der Waals surface area contributed by atoms with Gasteiger partial charge in [0, 0.05) is 13.2 Å². The van der Waals surface area contributed by atoms with Crippen LogP contribution < -0.4 is 0 Å². The Morgan fingerprint density at radius 1 is 1.17 bits per heavy atom. The van der Waals surface area contributed by atoms with Crippen LogP contribution in [0.25, 0.3) is 0 Å². The maximum atomic E-state index is 5.42. The average Bonchev–Trinajstić information content (AvgIpc) is 2.03. The lowest BCUT2D eigenvalue weighted by atomic mass is 9.84. The lowest BCUT2D eigenvalue weighted by Gasteiger charge is -2.36. The molecular formula is C10H21NO. The molecule has 0 heterocycles. The molecule has 0 aliphatic heterocycles. The van der Waals surface area contributed by atoms with Crippen molar-refractivity contribution in [1.82, 2.24) is 4.90 Å². The molecule has 1 saturated carbocycles. The van der Waals surface area contributed by atoms with Gasteiger partial charge in [-0.15, -0.1) is 0 Å². The summed E-state index contributed by atoms with van der Waals surface area (Å²) in [6.07, 6.45) is 4.25. The highest BCUT2D eigenvalue weighted by Crippen LogP contribution is 2.27. The highest BCUT2D eigenvalue weighted by Gasteiger charge is 2.27. The summed E-state index contributed by atoms with van der Waals surface area (Å²) in [5.74, 6) is 0.816. The third kappa shape index (κ3) is 2.46. The summed E-state index contributed by atoms with van der Waals surface area (Å²) in [5, 5.41) is 0. The van der Waals surface area contributed by atoms with E-state index in [0.717, 1.165) is 12.0 Å². The van der Waals surface area contributed by atoms with E-state index < -0.39 is 0 Å². The van der Waals surface area contributed by atoms with Crippen LogP contribution in [0.2, 0.25) is 0 Å². The monoisotopic (exact) mass is 171 g/mol. The summed E-state index contributed by atoms with van der Waals surface area (Å²) in [4.78, 5) is 2.32. The summed E-state index contributed by atoms with van der Waals surface area (Å²) in [6.45, 7) is 2.32. The number of rotatable bonds is 2. The van der Waals surface area contributed by atoms with Gasteiger partial charge in [0.05, 0.1) is 6.10 Å². The zero-order valence-corrected chi connectivity index (χ0v) is 8.71. The van der Waals surface area contributed by atoms with E-state index >= 15 is 0 Å². The molecule has 72 valence electrons. The van der Waals surface area contributed by atoms with Gasteiger partial charge in [-0.25, -0.2) is 0 Å². The Hall–Kier alpha value is -0.0800. The van der Waals surface area contributed by atoms with Crippen LogP contribution in [0.3, 0.4) is 0 Å². The first-order valence-corrected chi connectivity index (χ1v) is 4.82.